The summed E-state index contributed by atoms with van der Waals surface area (Å²) in [6, 6.07) is 12.2. The molecular formula is C19H16N8O3S. The molecule has 0 aliphatic carbocycles. The minimum absolute atomic E-state index is 0.000952. The normalized spacial score (nSPS) is 11.1. The van der Waals surface area contributed by atoms with E-state index in [-0.39, 0.29) is 16.5 Å². The van der Waals surface area contributed by atoms with Gasteiger partial charge in [0.25, 0.3) is 15.9 Å². The van der Waals surface area contributed by atoms with Gasteiger partial charge in [-0.25, -0.2) is 27.8 Å². The van der Waals surface area contributed by atoms with Crippen molar-refractivity contribution in [1.82, 2.24) is 29.9 Å². The first-order valence-electron chi connectivity index (χ1n) is 8.98. The van der Waals surface area contributed by atoms with Crippen LogP contribution in [-0.4, -0.2) is 44.3 Å². The molecule has 0 fully saturated rings. The Bertz CT molecular complexity index is 1310. The van der Waals surface area contributed by atoms with Gasteiger partial charge in [-0.05, 0) is 55.5 Å². The Balaban J connectivity index is 1.43. The van der Waals surface area contributed by atoms with Crippen LogP contribution in [0.15, 0.2) is 72.0 Å². The molecule has 0 bridgehead atoms. The van der Waals surface area contributed by atoms with Crippen molar-refractivity contribution in [2.75, 3.05) is 10.0 Å². The van der Waals surface area contributed by atoms with Crippen LogP contribution in [0.4, 0.5) is 11.6 Å². The molecule has 0 aliphatic rings. The number of rotatable bonds is 6. The van der Waals surface area contributed by atoms with Crippen molar-refractivity contribution in [3.63, 3.8) is 0 Å². The van der Waals surface area contributed by atoms with Crippen molar-refractivity contribution < 1.29 is 13.2 Å². The lowest BCUT2D eigenvalue weighted by Crippen LogP contribution is -2.16. The molecule has 3 aromatic heterocycles. The van der Waals surface area contributed by atoms with Crippen LogP contribution < -0.4 is 10.0 Å². The number of anilines is 2. The quantitative estimate of drug-likeness (QED) is 0.465. The SMILES string of the molecule is Cc1ccnc(NS(=O)(=O)c2ccc(NC(=O)c3ccc(-n4cccn4)nn3)cc2)n1. The van der Waals surface area contributed by atoms with Crippen molar-refractivity contribution >= 4 is 27.6 Å². The molecule has 3 heterocycles. The summed E-state index contributed by atoms with van der Waals surface area (Å²) >= 11 is 0. The third-order valence-electron chi connectivity index (χ3n) is 4.07. The molecule has 4 aromatic rings. The summed E-state index contributed by atoms with van der Waals surface area (Å²) in [4.78, 5) is 20.3. The molecule has 0 radical (unpaired) electrons. The molecule has 0 spiro atoms. The molecular weight excluding hydrogens is 420 g/mol. The van der Waals surface area contributed by atoms with Gasteiger partial charge in [0, 0.05) is 30.0 Å². The standard InChI is InChI=1S/C19H16N8O3S/c1-13-9-11-20-19(22-13)26-31(29,30)15-5-3-14(4-6-15)23-18(28)16-7-8-17(25-24-16)27-12-2-10-21-27/h2-12H,1H3,(H,23,28)(H,20,22,26). The van der Waals surface area contributed by atoms with Crippen molar-refractivity contribution in [1.29, 1.82) is 0 Å². The second-order valence-electron chi connectivity index (χ2n) is 6.33. The van der Waals surface area contributed by atoms with Gasteiger partial charge in [0.1, 0.15) is 0 Å². The summed E-state index contributed by atoms with van der Waals surface area (Å²) in [6.07, 6.45) is 4.78. The molecule has 0 aliphatic heterocycles. The number of aryl methyl sites for hydroxylation is 1. The zero-order chi connectivity index (χ0) is 21.8. The van der Waals surface area contributed by atoms with Crippen LogP contribution in [0, 0.1) is 6.92 Å². The Morgan fingerprint density at radius 1 is 1.00 bits per heavy atom. The first kappa shape index (κ1) is 20.1. The second-order valence-corrected chi connectivity index (χ2v) is 8.02. The van der Waals surface area contributed by atoms with Crippen LogP contribution in [0.3, 0.4) is 0 Å². The summed E-state index contributed by atoms with van der Waals surface area (Å²) < 4.78 is 28.8. The van der Waals surface area contributed by atoms with E-state index in [2.05, 4.69) is 35.3 Å². The summed E-state index contributed by atoms with van der Waals surface area (Å²) in [5.41, 5.74) is 1.13. The number of hydrogen-bond donors (Lipinski definition) is 2. The minimum atomic E-state index is -3.87. The molecule has 0 atom stereocenters. The fourth-order valence-corrected chi connectivity index (χ4v) is 3.51. The maximum absolute atomic E-state index is 12.5. The number of benzene rings is 1. The first-order valence-corrected chi connectivity index (χ1v) is 10.5. The van der Waals surface area contributed by atoms with Crippen LogP contribution in [0.1, 0.15) is 16.2 Å². The molecule has 156 valence electrons. The first-order chi connectivity index (χ1) is 14.9. The van der Waals surface area contributed by atoms with E-state index in [0.717, 1.165) is 0 Å². The van der Waals surface area contributed by atoms with Gasteiger partial charge < -0.3 is 5.32 Å². The number of hydrogen-bond acceptors (Lipinski definition) is 8. The minimum Gasteiger partial charge on any atom is -0.321 e. The zero-order valence-corrected chi connectivity index (χ0v) is 17.0. The highest BCUT2D eigenvalue weighted by atomic mass is 32.2. The van der Waals surface area contributed by atoms with E-state index in [9.17, 15) is 13.2 Å². The summed E-state index contributed by atoms with van der Waals surface area (Å²) in [5.74, 6) is -0.0304. The Hall–Kier alpha value is -4.19. The monoisotopic (exact) mass is 436 g/mol. The van der Waals surface area contributed by atoms with Crippen molar-refractivity contribution in [2.45, 2.75) is 11.8 Å². The number of sulfonamides is 1. The van der Waals surface area contributed by atoms with E-state index in [4.69, 9.17) is 0 Å². The molecule has 4 rings (SSSR count). The maximum Gasteiger partial charge on any atom is 0.276 e. The number of aromatic nitrogens is 6. The Morgan fingerprint density at radius 2 is 1.81 bits per heavy atom. The third kappa shape index (κ3) is 4.70. The molecule has 1 amide bonds. The predicted octanol–water partition coefficient (Wildman–Crippen LogP) is 1.81. The highest BCUT2D eigenvalue weighted by molar-refractivity contribution is 7.92. The summed E-state index contributed by atoms with van der Waals surface area (Å²) in [6.45, 7) is 1.73. The Morgan fingerprint density at radius 3 is 2.45 bits per heavy atom. The molecule has 2 N–H and O–H groups in total. The van der Waals surface area contributed by atoms with Gasteiger partial charge in [-0.3, -0.25) is 4.79 Å². The third-order valence-corrected chi connectivity index (χ3v) is 5.41. The number of nitrogens with one attached hydrogen (secondary N) is 2. The predicted molar refractivity (Wildman–Crippen MR) is 111 cm³/mol. The second kappa shape index (κ2) is 8.28. The van der Waals surface area contributed by atoms with Crippen LogP contribution in [0.5, 0.6) is 0 Å². The van der Waals surface area contributed by atoms with Gasteiger partial charge in [0.2, 0.25) is 5.95 Å². The summed E-state index contributed by atoms with van der Waals surface area (Å²) in [5, 5.41) is 14.5. The number of amides is 1. The van der Waals surface area contributed by atoms with Gasteiger partial charge in [0.05, 0.1) is 4.90 Å². The largest absolute Gasteiger partial charge is 0.321 e. The van der Waals surface area contributed by atoms with Gasteiger partial charge in [-0.15, -0.1) is 10.2 Å². The van der Waals surface area contributed by atoms with Crippen molar-refractivity contribution in [3.8, 4) is 5.82 Å². The van der Waals surface area contributed by atoms with Crippen molar-refractivity contribution in [3.05, 3.63) is 78.5 Å². The van der Waals surface area contributed by atoms with E-state index in [1.165, 1.54) is 41.2 Å². The zero-order valence-electron chi connectivity index (χ0n) is 16.2. The maximum atomic E-state index is 12.5. The number of carbonyl (C=O) groups excluding carboxylic acids is 1. The molecule has 0 saturated heterocycles. The lowest BCUT2D eigenvalue weighted by atomic mass is 10.3. The van der Waals surface area contributed by atoms with Gasteiger partial charge >= 0.3 is 0 Å². The van der Waals surface area contributed by atoms with Crippen LogP contribution in [0.25, 0.3) is 5.82 Å². The van der Waals surface area contributed by atoms with Crippen LogP contribution >= 0.6 is 0 Å². The summed E-state index contributed by atoms with van der Waals surface area (Å²) in [7, 11) is -3.87. The molecule has 31 heavy (non-hydrogen) atoms. The van der Waals surface area contributed by atoms with E-state index in [0.29, 0.717) is 17.2 Å². The number of carbonyl (C=O) groups is 1. The molecule has 11 nitrogen and oxygen atoms in total. The Kier molecular flexibility index (Phi) is 5.37. The van der Waals surface area contributed by atoms with E-state index in [1.54, 1.807) is 37.5 Å². The lowest BCUT2D eigenvalue weighted by Gasteiger charge is -2.09. The lowest BCUT2D eigenvalue weighted by molar-refractivity contribution is 0.102. The van der Waals surface area contributed by atoms with Crippen LogP contribution in [0.2, 0.25) is 0 Å². The Labute approximate surface area is 177 Å². The van der Waals surface area contributed by atoms with Crippen LogP contribution in [-0.2, 0) is 10.0 Å². The van der Waals surface area contributed by atoms with E-state index in [1.807, 2.05) is 0 Å². The van der Waals surface area contributed by atoms with Gasteiger partial charge in [-0.1, -0.05) is 0 Å². The fourth-order valence-electron chi connectivity index (χ4n) is 2.56. The highest BCUT2D eigenvalue weighted by Gasteiger charge is 2.16. The average Bonchev–Trinajstić information content (AvgIpc) is 3.29. The van der Waals surface area contributed by atoms with Gasteiger partial charge in [-0.2, -0.15) is 5.10 Å². The number of nitrogens with zero attached hydrogens (tertiary/aromatic N) is 6. The molecule has 0 unspecified atom stereocenters. The average molecular weight is 436 g/mol. The van der Waals surface area contributed by atoms with E-state index >= 15 is 0 Å². The van der Waals surface area contributed by atoms with E-state index < -0.39 is 15.9 Å². The van der Waals surface area contributed by atoms with Gasteiger partial charge in [0.15, 0.2) is 11.5 Å². The van der Waals surface area contributed by atoms with Crippen molar-refractivity contribution in [2.24, 2.45) is 0 Å². The molecule has 0 saturated carbocycles. The highest BCUT2D eigenvalue weighted by Crippen LogP contribution is 2.17. The topological polar surface area (TPSA) is 145 Å². The molecule has 12 heteroatoms. The molecule has 1 aromatic carbocycles. The smallest absolute Gasteiger partial charge is 0.276 e. The fraction of sp³-hybridized carbons (Fsp3) is 0.0526.